The molecule has 0 saturated carbocycles. The van der Waals surface area contributed by atoms with Crippen molar-refractivity contribution in [2.75, 3.05) is 13.1 Å². The lowest BCUT2D eigenvalue weighted by molar-refractivity contribution is 0.425. The summed E-state index contributed by atoms with van der Waals surface area (Å²) in [6.07, 6.45) is 7.57. The summed E-state index contributed by atoms with van der Waals surface area (Å²) in [5.74, 6) is 0. The Kier molecular flexibility index (Phi) is 8.29. The van der Waals surface area contributed by atoms with E-state index in [9.17, 15) is 0 Å². The predicted molar refractivity (Wildman–Crippen MR) is 106 cm³/mol. The highest BCUT2D eigenvalue weighted by Gasteiger charge is 2.14. The third-order valence-electron chi connectivity index (χ3n) is 4.66. The largest absolute Gasteiger partial charge is 0.325 e. The summed E-state index contributed by atoms with van der Waals surface area (Å²) in [4.78, 5) is 8.93. The van der Waals surface area contributed by atoms with E-state index in [-0.39, 0.29) is 11.1 Å². The molecule has 2 unspecified atom stereocenters. The summed E-state index contributed by atoms with van der Waals surface area (Å²) >= 11 is 0. The fourth-order valence-electron chi connectivity index (χ4n) is 2.00. The van der Waals surface area contributed by atoms with Crippen molar-refractivity contribution in [3.05, 3.63) is 35.4 Å². The van der Waals surface area contributed by atoms with Gasteiger partial charge < -0.3 is 11.5 Å². The Morgan fingerprint density at radius 2 is 1.12 bits per heavy atom. The van der Waals surface area contributed by atoms with Gasteiger partial charge in [0.2, 0.25) is 0 Å². The molecule has 1 aromatic rings. The number of aliphatic imine (C=N–C) groups is 2. The third-order valence-corrected chi connectivity index (χ3v) is 4.66. The molecule has 0 heterocycles. The van der Waals surface area contributed by atoms with Crippen LogP contribution < -0.4 is 11.5 Å². The van der Waals surface area contributed by atoms with E-state index in [4.69, 9.17) is 11.5 Å². The zero-order chi connectivity index (χ0) is 18.1. The van der Waals surface area contributed by atoms with Crippen LogP contribution >= 0.6 is 0 Å². The summed E-state index contributed by atoms with van der Waals surface area (Å²) in [6, 6.07) is 8.24. The molecule has 1 aromatic carbocycles. The molecule has 4 nitrogen and oxygen atoms in total. The van der Waals surface area contributed by atoms with E-state index in [2.05, 4.69) is 61.9 Å². The smallest absolute Gasteiger partial charge is 0.0406 e. The molecule has 1 rings (SSSR count). The van der Waals surface area contributed by atoms with Crippen LogP contribution in [0.3, 0.4) is 0 Å². The van der Waals surface area contributed by atoms with Gasteiger partial charge in [-0.25, -0.2) is 0 Å². The van der Waals surface area contributed by atoms with Gasteiger partial charge in [-0.15, -0.1) is 0 Å². The minimum atomic E-state index is -0.116. The van der Waals surface area contributed by atoms with Gasteiger partial charge in [-0.1, -0.05) is 38.1 Å². The van der Waals surface area contributed by atoms with Crippen LogP contribution in [0.2, 0.25) is 0 Å². The van der Waals surface area contributed by atoms with Crippen LogP contribution in [0.25, 0.3) is 0 Å². The molecular weight excluding hydrogens is 296 g/mol. The molecule has 0 aliphatic carbocycles. The molecule has 4 heteroatoms. The second-order valence-electron chi connectivity index (χ2n) is 7.25. The maximum absolute atomic E-state index is 6.11. The van der Waals surface area contributed by atoms with E-state index in [0.717, 1.165) is 49.9 Å². The van der Waals surface area contributed by atoms with Gasteiger partial charge in [0.05, 0.1) is 0 Å². The Morgan fingerprint density at radius 3 is 1.42 bits per heavy atom. The maximum Gasteiger partial charge on any atom is 0.0406 e. The average molecular weight is 331 g/mol. The van der Waals surface area contributed by atoms with E-state index in [0.29, 0.717) is 0 Å². The normalized spacial score (nSPS) is 17.2. The number of nitrogens with two attached hydrogens (primary N) is 2. The molecule has 4 N–H and O–H groups in total. The number of rotatable bonds is 10. The molecule has 134 valence electrons. The second-order valence-corrected chi connectivity index (χ2v) is 7.25. The molecule has 0 aromatic heterocycles. The van der Waals surface area contributed by atoms with Crippen LogP contribution in [-0.4, -0.2) is 36.6 Å². The van der Waals surface area contributed by atoms with Gasteiger partial charge in [0, 0.05) is 36.6 Å². The van der Waals surface area contributed by atoms with E-state index >= 15 is 0 Å². The highest BCUT2D eigenvalue weighted by Crippen LogP contribution is 2.11. The monoisotopic (exact) mass is 330 g/mol. The predicted octanol–water partition coefficient (Wildman–Crippen LogP) is 3.56. The first-order chi connectivity index (χ1) is 11.3. The van der Waals surface area contributed by atoms with Gasteiger partial charge in [0.15, 0.2) is 0 Å². The van der Waals surface area contributed by atoms with Gasteiger partial charge in [-0.2, -0.15) is 0 Å². The molecule has 0 amide bonds. The molecular formula is C20H34N4. The van der Waals surface area contributed by atoms with Crippen LogP contribution in [0.4, 0.5) is 0 Å². The molecule has 0 saturated heterocycles. The highest BCUT2D eigenvalue weighted by molar-refractivity contribution is 5.84. The van der Waals surface area contributed by atoms with Crippen molar-refractivity contribution in [1.29, 1.82) is 0 Å². The first-order valence-corrected chi connectivity index (χ1v) is 8.95. The fraction of sp³-hybridized carbons (Fsp3) is 0.600. The zero-order valence-electron chi connectivity index (χ0n) is 15.8. The van der Waals surface area contributed by atoms with Crippen molar-refractivity contribution < 1.29 is 0 Å². The Labute approximate surface area is 147 Å². The summed E-state index contributed by atoms with van der Waals surface area (Å²) in [5.41, 5.74) is 14.2. The lowest BCUT2D eigenvalue weighted by Gasteiger charge is -2.21. The molecule has 2 atom stereocenters. The summed E-state index contributed by atoms with van der Waals surface area (Å²) in [7, 11) is 0. The molecule has 0 aliphatic rings. The lowest BCUT2D eigenvalue weighted by Crippen LogP contribution is -2.35. The Hall–Kier alpha value is -1.52. The number of hydrogen-bond donors (Lipinski definition) is 2. The van der Waals surface area contributed by atoms with Gasteiger partial charge in [-0.3, -0.25) is 9.98 Å². The minimum Gasteiger partial charge on any atom is -0.325 e. The summed E-state index contributed by atoms with van der Waals surface area (Å²) < 4.78 is 0. The number of hydrogen-bond acceptors (Lipinski definition) is 4. The zero-order valence-corrected chi connectivity index (χ0v) is 15.8. The summed E-state index contributed by atoms with van der Waals surface area (Å²) in [5, 5.41) is 0. The quantitative estimate of drug-likeness (QED) is 0.644. The minimum absolute atomic E-state index is 0.116. The lowest BCUT2D eigenvalue weighted by atomic mass is 9.96. The first kappa shape index (κ1) is 20.5. The summed E-state index contributed by atoms with van der Waals surface area (Å²) in [6.45, 7) is 9.90. The molecule has 0 bridgehead atoms. The van der Waals surface area contributed by atoms with Crippen LogP contribution in [-0.2, 0) is 0 Å². The van der Waals surface area contributed by atoms with Gasteiger partial charge in [0.25, 0.3) is 0 Å². The van der Waals surface area contributed by atoms with Crippen molar-refractivity contribution >= 4 is 12.4 Å². The standard InChI is InChI=1S/C20H34N4/c1-5-19(3,21)11-13-23-15-17-7-9-18(10-8-17)16-24-14-12-20(4,22)6-2/h7-10,15-16H,5-6,11-14,21-22H2,1-4H3/b23-15+,24-16+. The Balaban J connectivity index is 2.43. The van der Waals surface area contributed by atoms with Crippen LogP contribution in [0.1, 0.15) is 64.5 Å². The van der Waals surface area contributed by atoms with Crippen molar-refractivity contribution in [3.8, 4) is 0 Å². The van der Waals surface area contributed by atoms with Gasteiger partial charge in [-0.05, 0) is 50.7 Å². The Bertz CT molecular complexity index is 478. The van der Waals surface area contributed by atoms with Crippen LogP contribution in [0, 0.1) is 0 Å². The van der Waals surface area contributed by atoms with E-state index < -0.39 is 0 Å². The second kappa shape index (κ2) is 9.70. The molecule has 0 radical (unpaired) electrons. The van der Waals surface area contributed by atoms with E-state index in [1.807, 2.05) is 12.4 Å². The highest BCUT2D eigenvalue weighted by atomic mass is 14.8. The van der Waals surface area contributed by atoms with Crippen molar-refractivity contribution in [3.63, 3.8) is 0 Å². The SMILES string of the molecule is CCC(C)(N)CC/N=C/c1ccc(/C=N/CCC(C)(N)CC)cc1. The third kappa shape index (κ3) is 8.37. The van der Waals surface area contributed by atoms with Crippen LogP contribution in [0.15, 0.2) is 34.3 Å². The van der Waals surface area contributed by atoms with Gasteiger partial charge >= 0.3 is 0 Å². The number of nitrogens with zero attached hydrogens (tertiary/aromatic N) is 2. The van der Waals surface area contributed by atoms with Crippen molar-refractivity contribution in [1.82, 2.24) is 0 Å². The van der Waals surface area contributed by atoms with Crippen molar-refractivity contribution in [2.45, 2.75) is 64.5 Å². The molecule has 0 fully saturated rings. The maximum atomic E-state index is 6.11. The number of benzene rings is 1. The van der Waals surface area contributed by atoms with E-state index in [1.54, 1.807) is 0 Å². The fourth-order valence-corrected chi connectivity index (χ4v) is 2.00. The van der Waals surface area contributed by atoms with E-state index in [1.165, 1.54) is 0 Å². The Morgan fingerprint density at radius 1 is 0.792 bits per heavy atom. The van der Waals surface area contributed by atoms with Crippen LogP contribution in [0.5, 0.6) is 0 Å². The molecule has 0 spiro atoms. The van der Waals surface area contributed by atoms with Gasteiger partial charge in [0.1, 0.15) is 0 Å². The average Bonchev–Trinajstić information content (AvgIpc) is 2.57. The first-order valence-electron chi connectivity index (χ1n) is 8.95. The topological polar surface area (TPSA) is 76.8 Å². The molecule has 24 heavy (non-hydrogen) atoms. The molecule has 0 aliphatic heterocycles. The van der Waals surface area contributed by atoms with Crippen molar-refractivity contribution in [2.24, 2.45) is 21.5 Å².